The van der Waals surface area contributed by atoms with E-state index in [2.05, 4.69) is 16.5 Å². The smallest absolute Gasteiger partial charge is 0.245 e. The molecule has 0 aliphatic carbocycles. The maximum absolute atomic E-state index is 13.0. The molecule has 31 heavy (non-hydrogen) atoms. The van der Waals surface area contributed by atoms with Crippen molar-refractivity contribution in [3.05, 3.63) is 64.3 Å². The van der Waals surface area contributed by atoms with Crippen LogP contribution in [0, 0.1) is 18.3 Å². The van der Waals surface area contributed by atoms with Crippen molar-refractivity contribution in [2.45, 2.75) is 26.4 Å². The van der Waals surface area contributed by atoms with Gasteiger partial charge in [-0.3, -0.25) is 4.79 Å². The van der Waals surface area contributed by atoms with Crippen molar-refractivity contribution in [2.75, 3.05) is 5.32 Å². The minimum atomic E-state index is -0.249. The molecule has 9 heteroatoms. The van der Waals surface area contributed by atoms with E-state index in [0.29, 0.717) is 40.2 Å². The highest BCUT2D eigenvalue weighted by Gasteiger charge is 2.19. The third-order valence-corrected chi connectivity index (χ3v) is 5.57. The van der Waals surface area contributed by atoms with Gasteiger partial charge in [-0.25, -0.2) is 9.67 Å². The molecule has 1 amide bonds. The number of carbonyl (C=O) groups is 1. The average Bonchev–Trinajstić information content (AvgIpc) is 3.28. The van der Waals surface area contributed by atoms with Crippen molar-refractivity contribution >= 4 is 46.0 Å². The topological polar surface area (TPSA) is 88.5 Å². The summed E-state index contributed by atoms with van der Waals surface area (Å²) in [6.45, 7) is 2.25. The summed E-state index contributed by atoms with van der Waals surface area (Å²) in [5, 5.41) is 16.9. The molecule has 0 unspecified atom stereocenters. The maximum Gasteiger partial charge on any atom is 0.245 e. The van der Waals surface area contributed by atoms with Gasteiger partial charge in [-0.15, -0.1) is 0 Å². The zero-order valence-electron chi connectivity index (χ0n) is 16.6. The standard InChI is InChI=1S/C22H18Cl2N6O/c1-14-12-19(30(28-14)11-5-10-25)27-20(31)13-29-18-9-3-2-8-17(18)26-22(29)15-6-4-7-16(23)21(15)24/h2-4,6-9,12H,5,11,13H2,1H3,(H,27,31). The third kappa shape index (κ3) is 4.26. The summed E-state index contributed by atoms with van der Waals surface area (Å²) in [5.41, 5.74) is 2.95. The van der Waals surface area contributed by atoms with Crippen LogP contribution < -0.4 is 5.32 Å². The molecule has 0 aliphatic heterocycles. The van der Waals surface area contributed by atoms with Crippen LogP contribution in [-0.4, -0.2) is 25.2 Å². The number of halogens is 2. The Morgan fingerprint density at radius 1 is 1.19 bits per heavy atom. The number of fused-ring (bicyclic) bond motifs is 1. The van der Waals surface area contributed by atoms with Crippen molar-refractivity contribution in [1.29, 1.82) is 5.26 Å². The van der Waals surface area contributed by atoms with Gasteiger partial charge in [0, 0.05) is 11.6 Å². The fraction of sp³-hybridized carbons (Fsp3) is 0.182. The molecule has 0 radical (unpaired) electrons. The molecule has 0 aliphatic rings. The lowest BCUT2D eigenvalue weighted by Crippen LogP contribution is -2.21. The monoisotopic (exact) mass is 452 g/mol. The van der Waals surface area contributed by atoms with Gasteiger partial charge >= 0.3 is 0 Å². The van der Waals surface area contributed by atoms with E-state index in [9.17, 15) is 4.79 Å². The summed E-state index contributed by atoms with van der Waals surface area (Å²) in [7, 11) is 0. The zero-order valence-corrected chi connectivity index (χ0v) is 18.2. The highest BCUT2D eigenvalue weighted by molar-refractivity contribution is 6.43. The number of hydrogen-bond donors (Lipinski definition) is 1. The number of amides is 1. The summed E-state index contributed by atoms with van der Waals surface area (Å²) in [6, 6.07) is 16.7. The Hall–Kier alpha value is -3.34. The first kappa shape index (κ1) is 20.9. The Morgan fingerprint density at radius 3 is 2.81 bits per heavy atom. The molecule has 1 N–H and O–H groups in total. The van der Waals surface area contributed by atoms with Gasteiger partial charge in [0.1, 0.15) is 18.2 Å². The van der Waals surface area contributed by atoms with Gasteiger partial charge in [0.2, 0.25) is 5.91 Å². The van der Waals surface area contributed by atoms with Crippen molar-refractivity contribution in [3.8, 4) is 17.5 Å². The van der Waals surface area contributed by atoms with E-state index in [1.807, 2.05) is 41.8 Å². The summed E-state index contributed by atoms with van der Waals surface area (Å²) in [4.78, 5) is 17.7. The number of aromatic nitrogens is 4. The number of nitrogens with zero attached hydrogens (tertiary/aromatic N) is 5. The second kappa shape index (κ2) is 8.80. The van der Waals surface area contributed by atoms with Gasteiger partial charge in [-0.1, -0.05) is 41.4 Å². The molecule has 0 bridgehead atoms. The third-order valence-electron chi connectivity index (χ3n) is 4.75. The van der Waals surface area contributed by atoms with E-state index >= 15 is 0 Å². The fourth-order valence-corrected chi connectivity index (χ4v) is 3.80. The Kier molecular flexibility index (Phi) is 5.94. The first-order valence-electron chi connectivity index (χ1n) is 9.59. The normalized spacial score (nSPS) is 10.9. The number of benzene rings is 2. The minimum absolute atomic E-state index is 0.0150. The predicted molar refractivity (Wildman–Crippen MR) is 121 cm³/mol. The van der Waals surface area contributed by atoms with E-state index in [-0.39, 0.29) is 12.5 Å². The maximum atomic E-state index is 13.0. The molecule has 2 aromatic carbocycles. The van der Waals surface area contributed by atoms with Crippen LogP contribution in [0.4, 0.5) is 5.82 Å². The van der Waals surface area contributed by atoms with Gasteiger partial charge in [0.15, 0.2) is 0 Å². The first-order valence-corrected chi connectivity index (χ1v) is 10.3. The van der Waals surface area contributed by atoms with Gasteiger partial charge in [-0.05, 0) is 31.2 Å². The number of carbonyl (C=O) groups excluding carboxylic acids is 1. The summed E-state index contributed by atoms with van der Waals surface area (Å²) in [5.74, 6) is 0.850. The minimum Gasteiger partial charge on any atom is -0.314 e. The van der Waals surface area contributed by atoms with Crippen molar-refractivity contribution in [1.82, 2.24) is 19.3 Å². The van der Waals surface area contributed by atoms with Crippen molar-refractivity contribution in [3.63, 3.8) is 0 Å². The quantitative estimate of drug-likeness (QED) is 0.442. The van der Waals surface area contributed by atoms with Crippen LogP contribution in [0.5, 0.6) is 0 Å². The number of hydrogen-bond acceptors (Lipinski definition) is 4. The molecular formula is C22H18Cl2N6O. The van der Waals surface area contributed by atoms with Crippen LogP contribution in [0.3, 0.4) is 0 Å². The lowest BCUT2D eigenvalue weighted by Gasteiger charge is -2.12. The number of aryl methyl sites for hydroxylation is 2. The Labute approximate surface area is 188 Å². The molecular weight excluding hydrogens is 435 g/mol. The molecule has 0 atom stereocenters. The molecule has 7 nitrogen and oxygen atoms in total. The SMILES string of the molecule is Cc1cc(NC(=O)Cn2c(-c3cccc(Cl)c3Cl)nc3ccccc32)n(CCC#N)n1. The van der Waals surface area contributed by atoms with E-state index < -0.39 is 0 Å². The van der Waals surface area contributed by atoms with Crippen LogP contribution >= 0.6 is 23.2 Å². The molecule has 0 saturated heterocycles. The van der Waals surface area contributed by atoms with Crippen molar-refractivity contribution in [2.24, 2.45) is 0 Å². The highest BCUT2D eigenvalue weighted by Crippen LogP contribution is 2.34. The molecule has 156 valence electrons. The molecule has 0 spiro atoms. The molecule has 0 fully saturated rings. The Bertz CT molecular complexity index is 1320. The Morgan fingerprint density at radius 2 is 2.00 bits per heavy atom. The lowest BCUT2D eigenvalue weighted by molar-refractivity contribution is -0.116. The fourth-order valence-electron chi connectivity index (χ4n) is 3.42. The second-order valence-corrected chi connectivity index (χ2v) is 7.75. The largest absolute Gasteiger partial charge is 0.314 e. The molecule has 2 aromatic heterocycles. The van der Waals surface area contributed by atoms with E-state index in [0.717, 1.165) is 16.7 Å². The van der Waals surface area contributed by atoms with Crippen LogP contribution in [-0.2, 0) is 17.9 Å². The van der Waals surface area contributed by atoms with E-state index in [4.69, 9.17) is 33.4 Å². The first-order chi connectivity index (χ1) is 15.0. The van der Waals surface area contributed by atoms with Crippen LogP contribution in [0.15, 0.2) is 48.5 Å². The summed E-state index contributed by atoms with van der Waals surface area (Å²) in [6.07, 6.45) is 0.299. The van der Waals surface area contributed by atoms with E-state index in [1.54, 1.807) is 22.9 Å². The molecule has 4 aromatic rings. The zero-order chi connectivity index (χ0) is 22.0. The molecule has 2 heterocycles. The summed E-state index contributed by atoms with van der Waals surface area (Å²) < 4.78 is 3.43. The lowest BCUT2D eigenvalue weighted by atomic mass is 10.2. The molecule has 0 saturated carbocycles. The van der Waals surface area contributed by atoms with Crippen LogP contribution in [0.2, 0.25) is 10.0 Å². The van der Waals surface area contributed by atoms with E-state index in [1.165, 1.54) is 0 Å². The number of imidazole rings is 1. The van der Waals surface area contributed by atoms with Crippen molar-refractivity contribution < 1.29 is 4.79 Å². The van der Waals surface area contributed by atoms with Gasteiger partial charge in [-0.2, -0.15) is 10.4 Å². The number of anilines is 1. The molecule has 4 rings (SSSR count). The number of nitriles is 1. The summed E-state index contributed by atoms with van der Waals surface area (Å²) >= 11 is 12.7. The van der Waals surface area contributed by atoms with Crippen LogP contribution in [0.1, 0.15) is 12.1 Å². The van der Waals surface area contributed by atoms with Crippen LogP contribution in [0.25, 0.3) is 22.4 Å². The van der Waals surface area contributed by atoms with Gasteiger partial charge < -0.3 is 9.88 Å². The average molecular weight is 453 g/mol. The number of rotatable bonds is 6. The van der Waals surface area contributed by atoms with Gasteiger partial charge in [0.05, 0.1) is 45.8 Å². The van der Waals surface area contributed by atoms with Gasteiger partial charge in [0.25, 0.3) is 0 Å². The Balaban J connectivity index is 1.70. The highest BCUT2D eigenvalue weighted by atomic mass is 35.5. The predicted octanol–water partition coefficient (Wildman–Crippen LogP) is 5.07. The second-order valence-electron chi connectivity index (χ2n) is 6.96. The number of nitrogens with one attached hydrogen (secondary N) is 1. The number of para-hydroxylation sites is 2.